The van der Waals surface area contributed by atoms with E-state index in [-0.39, 0.29) is 0 Å². The molecule has 4 nitrogen and oxygen atoms in total. The van der Waals surface area contributed by atoms with Crippen LogP contribution in [-0.2, 0) is 6.54 Å². The van der Waals surface area contributed by atoms with E-state index in [1.165, 1.54) is 0 Å². The van der Waals surface area contributed by atoms with Crippen molar-refractivity contribution in [2.75, 3.05) is 12.4 Å². The summed E-state index contributed by atoms with van der Waals surface area (Å²) in [6, 6.07) is 19.9. The molecule has 0 fully saturated rings. The zero-order valence-corrected chi connectivity index (χ0v) is 14.2. The third kappa shape index (κ3) is 4.06. The summed E-state index contributed by atoms with van der Waals surface area (Å²) in [5.74, 6) is 2.55. The van der Waals surface area contributed by atoms with Gasteiger partial charge in [-0.3, -0.25) is 4.57 Å². The Morgan fingerprint density at radius 3 is 2.42 bits per heavy atom. The topological polar surface area (TPSA) is 39.9 Å². The molecule has 0 aliphatic heterocycles. The van der Waals surface area contributed by atoms with Crippen molar-refractivity contribution in [1.82, 2.24) is 14.8 Å². The summed E-state index contributed by atoms with van der Waals surface area (Å²) in [7, 11) is 0. The lowest BCUT2D eigenvalue weighted by Crippen LogP contribution is -2.04. The Kier molecular flexibility index (Phi) is 5.69. The predicted molar refractivity (Wildman–Crippen MR) is 98.3 cm³/mol. The zero-order valence-electron chi connectivity index (χ0n) is 13.3. The Labute approximate surface area is 146 Å². The second kappa shape index (κ2) is 8.36. The molecule has 0 unspecified atom stereocenters. The molecule has 1 aromatic heterocycles. The van der Waals surface area contributed by atoms with Crippen molar-refractivity contribution in [3.8, 4) is 17.1 Å². The maximum absolute atomic E-state index is 5.72. The van der Waals surface area contributed by atoms with E-state index in [9.17, 15) is 0 Å². The molecule has 5 heteroatoms. The number of nitrogens with zero attached hydrogens (tertiary/aromatic N) is 3. The van der Waals surface area contributed by atoms with E-state index in [4.69, 9.17) is 4.74 Å². The third-order valence-corrected chi connectivity index (χ3v) is 4.32. The van der Waals surface area contributed by atoms with E-state index in [2.05, 4.69) is 21.3 Å². The van der Waals surface area contributed by atoms with Crippen LogP contribution in [0.3, 0.4) is 0 Å². The van der Waals surface area contributed by atoms with Crippen LogP contribution >= 0.6 is 11.8 Å². The van der Waals surface area contributed by atoms with Gasteiger partial charge in [-0.25, -0.2) is 0 Å². The van der Waals surface area contributed by atoms with Crippen molar-refractivity contribution in [2.45, 2.75) is 11.7 Å². The van der Waals surface area contributed by atoms with Crippen molar-refractivity contribution >= 4 is 11.8 Å². The summed E-state index contributed by atoms with van der Waals surface area (Å²) in [4.78, 5) is 0. The standard InChI is InChI=1S/C19H19N3OS/c1-2-13-22-18(16-9-5-3-6-10-16)20-21-19(22)24-15-14-23-17-11-7-4-8-12-17/h2-12H,1,13-15H2. The molecule has 2 aromatic carbocycles. The van der Waals surface area contributed by atoms with Gasteiger partial charge in [0.15, 0.2) is 11.0 Å². The van der Waals surface area contributed by atoms with Crippen LogP contribution in [0.2, 0.25) is 0 Å². The quantitative estimate of drug-likeness (QED) is 0.349. The number of rotatable bonds is 8. The van der Waals surface area contributed by atoms with E-state index in [0.717, 1.165) is 28.0 Å². The first kappa shape index (κ1) is 16.3. The van der Waals surface area contributed by atoms with Gasteiger partial charge in [0.25, 0.3) is 0 Å². The average molecular weight is 337 g/mol. The molecule has 0 bridgehead atoms. The molecule has 0 atom stereocenters. The summed E-state index contributed by atoms with van der Waals surface area (Å²) < 4.78 is 7.80. The molecular formula is C19H19N3OS. The van der Waals surface area contributed by atoms with Crippen LogP contribution in [0.5, 0.6) is 5.75 Å². The summed E-state index contributed by atoms with van der Waals surface area (Å²) in [5.41, 5.74) is 1.05. The average Bonchev–Trinajstić information content (AvgIpc) is 3.03. The third-order valence-electron chi connectivity index (χ3n) is 3.39. The van der Waals surface area contributed by atoms with Gasteiger partial charge in [0.2, 0.25) is 0 Å². The van der Waals surface area contributed by atoms with Gasteiger partial charge in [0, 0.05) is 17.9 Å². The summed E-state index contributed by atoms with van der Waals surface area (Å²) >= 11 is 1.64. The minimum Gasteiger partial charge on any atom is -0.493 e. The molecule has 0 aliphatic rings. The molecule has 3 aromatic rings. The first-order chi connectivity index (χ1) is 11.9. The predicted octanol–water partition coefficient (Wildman–Crippen LogP) is 4.30. The molecule has 0 amide bonds. The highest BCUT2D eigenvalue weighted by atomic mass is 32.2. The summed E-state index contributed by atoms with van der Waals surface area (Å²) in [6.07, 6.45) is 1.86. The van der Waals surface area contributed by atoms with Gasteiger partial charge in [-0.2, -0.15) is 0 Å². The molecule has 0 radical (unpaired) electrons. The van der Waals surface area contributed by atoms with Crippen LogP contribution in [-0.4, -0.2) is 27.1 Å². The van der Waals surface area contributed by atoms with Gasteiger partial charge >= 0.3 is 0 Å². The van der Waals surface area contributed by atoms with Gasteiger partial charge in [-0.1, -0.05) is 66.4 Å². The van der Waals surface area contributed by atoms with Gasteiger partial charge in [0.05, 0.1) is 6.61 Å². The highest BCUT2D eigenvalue weighted by Gasteiger charge is 2.13. The minimum absolute atomic E-state index is 0.621. The molecule has 0 saturated carbocycles. The molecular weight excluding hydrogens is 318 g/mol. The summed E-state index contributed by atoms with van der Waals surface area (Å²) in [6.45, 7) is 5.14. The molecule has 0 spiro atoms. The van der Waals surface area contributed by atoms with E-state index >= 15 is 0 Å². The van der Waals surface area contributed by atoms with E-state index < -0.39 is 0 Å². The molecule has 0 aliphatic carbocycles. The fraction of sp³-hybridized carbons (Fsp3) is 0.158. The monoisotopic (exact) mass is 337 g/mol. The zero-order chi connectivity index (χ0) is 16.6. The lowest BCUT2D eigenvalue weighted by Gasteiger charge is -2.08. The van der Waals surface area contributed by atoms with Crippen LogP contribution in [0.1, 0.15) is 0 Å². The van der Waals surface area contributed by atoms with Crippen LogP contribution in [0, 0.1) is 0 Å². The molecule has 122 valence electrons. The van der Waals surface area contributed by atoms with E-state index in [1.54, 1.807) is 11.8 Å². The first-order valence-electron chi connectivity index (χ1n) is 7.78. The Bertz CT molecular complexity index is 772. The van der Waals surface area contributed by atoms with E-state index in [1.807, 2.05) is 66.7 Å². The molecule has 0 saturated heterocycles. The number of hydrogen-bond acceptors (Lipinski definition) is 4. The molecule has 3 rings (SSSR count). The van der Waals surface area contributed by atoms with Gasteiger partial charge in [-0.15, -0.1) is 16.8 Å². The maximum Gasteiger partial charge on any atom is 0.191 e. The maximum atomic E-state index is 5.72. The molecule has 24 heavy (non-hydrogen) atoms. The van der Waals surface area contributed by atoms with Crippen LogP contribution in [0.25, 0.3) is 11.4 Å². The van der Waals surface area contributed by atoms with Gasteiger partial charge in [0.1, 0.15) is 5.75 Å². The number of hydrogen-bond donors (Lipinski definition) is 0. The largest absolute Gasteiger partial charge is 0.493 e. The van der Waals surface area contributed by atoms with Crippen LogP contribution in [0.4, 0.5) is 0 Å². The van der Waals surface area contributed by atoms with Crippen molar-refractivity contribution in [2.24, 2.45) is 0 Å². The first-order valence-corrected chi connectivity index (χ1v) is 8.77. The number of ether oxygens (including phenoxy) is 1. The van der Waals surface area contributed by atoms with Gasteiger partial charge < -0.3 is 4.74 Å². The number of para-hydroxylation sites is 1. The minimum atomic E-state index is 0.621. The second-order valence-electron chi connectivity index (χ2n) is 5.08. The Balaban J connectivity index is 1.65. The van der Waals surface area contributed by atoms with Crippen molar-refractivity contribution in [3.63, 3.8) is 0 Å². The number of benzene rings is 2. The lowest BCUT2D eigenvalue weighted by molar-refractivity contribution is 0.344. The van der Waals surface area contributed by atoms with Crippen molar-refractivity contribution < 1.29 is 4.74 Å². The number of thioether (sulfide) groups is 1. The highest BCUT2D eigenvalue weighted by Crippen LogP contribution is 2.24. The highest BCUT2D eigenvalue weighted by molar-refractivity contribution is 7.99. The number of allylic oxidation sites excluding steroid dienone is 1. The number of aromatic nitrogens is 3. The van der Waals surface area contributed by atoms with Crippen molar-refractivity contribution in [1.29, 1.82) is 0 Å². The molecule has 1 heterocycles. The smallest absolute Gasteiger partial charge is 0.191 e. The van der Waals surface area contributed by atoms with E-state index in [0.29, 0.717) is 13.2 Å². The van der Waals surface area contributed by atoms with Crippen LogP contribution < -0.4 is 4.74 Å². The second-order valence-corrected chi connectivity index (χ2v) is 6.14. The summed E-state index contributed by atoms with van der Waals surface area (Å²) in [5, 5.41) is 9.55. The van der Waals surface area contributed by atoms with Crippen molar-refractivity contribution in [3.05, 3.63) is 73.3 Å². The lowest BCUT2D eigenvalue weighted by atomic mass is 10.2. The fourth-order valence-corrected chi connectivity index (χ4v) is 3.06. The fourth-order valence-electron chi connectivity index (χ4n) is 2.30. The van der Waals surface area contributed by atoms with Crippen LogP contribution in [0.15, 0.2) is 78.5 Å². The molecule has 0 N–H and O–H groups in total. The SMILES string of the molecule is C=CCn1c(SCCOc2ccccc2)nnc1-c1ccccc1. The van der Waals surface area contributed by atoms with Gasteiger partial charge in [-0.05, 0) is 12.1 Å². The Morgan fingerprint density at radius 2 is 1.71 bits per heavy atom. The normalized spacial score (nSPS) is 10.5. The Morgan fingerprint density at radius 1 is 1.00 bits per heavy atom. The Hall–Kier alpha value is -2.53.